The Bertz CT molecular complexity index is 491. The minimum Gasteiger partial charge on any atom is -0.481 e. The van der Waals surface area contributed by atoms with Gasteiger partial charge in [-0.2, -0.15) is 0 Å². The Morgan fingerprint density at radius 2 is 1.52 bits per heavy atom. The maximum atomic E-state index is 10.4. The fraction of sp³-hybridized carbons (Fsp3) is 0.792. The molecule has 2 rings (SSSR count). The summed E-state index contributed by atoms with van der Waals surface area (Å²) in [7, 11) is 0. The van der Waals surface area contributed by atoms with E-state index in [-0.39, 0.29) is 5.92 Å². The normalized spacial score (nSPS) is 21.8. The van der Waals surface area contributed by atoms with E-state index in [0.29, 0.717) is 11.5 Å². The summed E-state index contributed by atoms with van der Waals surface area (Å²) in [4.78, 5) is 30.4. The van der Waals surface area contributed by atoms with Crippen molar-refractivity contribution in [3.8, 4) is 0 Å². The van der Waals surface area contributed by atoms with Gasteiger partial charge < -0.3 is 15.0 Å². The molecule has 29 heavy (non-hydrogen) atoms. The van der Waals surface area contributed by atoms with E-state index < -0.39 is 11.9 Å². The third-order valence-electron chi connectivity index (χ3n) is 5.60. The number of rotatable bonds is 12. The molecular formula is C24H42O5. The van der Waals surface area contributed by atoms with Gasteiger partial charge in [-0.25, -0.2) is 4.79 Å². The summed E-state index contributed by atoms with van der Waals surface area (Å²) >= 11 is 0. The van der Waals surface area contributed by atoms with Crippen molar-refractivity contribution in [2.24, 2.45) is 17.8 Å². The highest BCUT2D eigenvalue weighted by Crippen LogP contribution is 2.37. The Hall–Kier alpha value is -1.65. The van der Waals surface area contributed by atoms with Gasteiger partial charge in [0.05, 0.1) is 5.92 Å². The van der Waals surface area contributed by atoms with Gasteiger partial charge in [-0.1, -0.05) is 71.8 Å². The van der Waals surface area contributed by atoms with E-state index in [4.69, 9.17) is 10.2 Å². The summed E-state index contributed by atoms with van der Waals surface area (Å²) in [6.45, 7) is 6.46. The van der Waals surface area contributed by atoms with Crippen LogP contribution >= 0.6 is 0 Å². The molecule has 0 amide bonds. The van der Waals surface area contributed by atoms with Crippen LogP contribution in [0, 0.1) is 17.8 Å². The molecule has 0 aromatic carbocycles. The second-order valence-corrected chi connectivity index (χ2v) is 8.28. The second-order valence-electron chi connectivity index (χ2n) is 8.28. The lowest BCUT2D eigenvalue weighted by molar-refractivity contribution is -0.146. The van der Waals surface area contributed by atoms with Crippen LogP contribution in [0.5, 0.6) is 0 Å². The first-order chi connectivity index (χ1) is 13.9. The fourth-order valence-electron chi connectivity index (χ4n) is 3.49. The summed E-state index contributed by atoms with van der Waals surface area (Å²) in [6, 6.07) is 0. The van der Waals surface area contributed by atoms with Gasteiger partial charge in [0.25, 0.3) is 0 Å². The maximum absolute atomic E-state index is 10.4. The van der Waals surface area contributed by atoms with Crippen molar-refractivity contribution < 1.29 is 24.6 Å². The monoisotopic (exact) mass is 410 g/mol. The Morgan fingerprint density at radius 3 is 1.97 bits per heavy atom. The molecule has 0 aromatic rings. The van der Waals surface area contributed by atoms with Gasteiger partial charge in [-0.05, 0) is 43.9 Å². The molecule has 0 aliphatic heterocycles. The third-order valence-corrected chi connectivity index (χ3v) is 5.60. The van der Waals surface area contributed by atoms with Crippen molar-refractivity contribution in [1.29, 1.82) is 0 Å². The molecule has 0 heterocycles. The van der Waals surface area contributed by atoms with Crippen molar-refractivity contribution in [3.63, 3.8) is 0 Å². The number of carbonyl (C=O) groups excluding carboxylic acids is 1. The van der Waals surface area contributed by atoms with Gasteiger partial charge >= 0.3 is 11.9 Å². The van der Waals surface area contributed by atoms with Crippen LogP contribution < -0.4 is 0 Å². The van der Waals surface area contributed by atoms with Crippen molar-refractivity contribution in [2.75, 3.05) is 0 Å². The summed E-state index contributed by atoms with van der Waals surface area (Å²) in [5.74, 6) is -0.0792. The van der Waals surface area contributed by atoms with E-state index in [1.54, 1.807) is 0 Å². The van der Waals surface area contributed by atoms with Crippen LogP contribution in [0.25, 0.3) is 0 Å². The van der Waals surface area contributed by atoms with Gasteiger partial charge in [-0.15, -0.1) is 0 Å². The summed E-state index contributed by atoms with van der Waals surface area (Å²) in [5.41, 5.74) is 0.603. The molecule has 1 unspecified atom stereocenters. The lowest BCUT2D eigenvalue weighted by atomic mass is 9.73. The van der Waals surface area contributed by atoms with Crippen LogP contribution in [-0.2, 0) is 14.4 Å². The molecule has 5 nitrogen and oxygen atoms in total. The zero-order chi connectivity index (χ0) is 22.1. The van der Waals surface area contributed by atoms with E-state index >= 15 is 0 Å². The largest absolute Gasteiger partial charge is 0.481 e. The highest BCUT2D eigenvalue weighted by molar-refractivity contribution is 5.88. The van der Waals surface area contributed by atoms with E-state index in [1.807, 2.05) is 6.08 Å². The van der Waals surface area contributed by atoms with Gasteiger partial charge in [0.2, 0.25) is 0 Å². The highest BCUT2D eigenvalue weighted by atomic mass is 16.4. The average molecular weight is 411 g/mol. The smallest absolute Gasteiger partial charge is 0.331 e. The van der Waals surface area contributed by atoms with Gasteiger partial charge in [-0.3, -0.25) is 4.79 Å². The topological polar surface area (TPSA) is 91.7 Å². The Balaban J connectivity index is 0.000000419. The molecule has 1 fully saturated rings. The van der Waals surface area contributed by atoms with E-state index in [1.165, 1.54) is 44.9 Å². The number of carbonyl (C=O) groups is 3. The zero-order valence-corrected chi connectivity index (χ0v) is 18.7. The first-order valence-electron chi connectivity index (χ1n) is 11.5. The minimum atomic E-state index is -0.738. The Labute approximate surface area is 177 Å². The molecule has 0 radical (unpaired) electrons. The number of aldehydes is 1. The van der Waals surface area contributed by atoms with E-state index in [9.17, 15) is 14.4 Å². The number of carboxylic acid groups (broad SMARTS) is 2. The molecule has 2 aliphatic rings. The first-order valence-corrected chi connectivity index (χ1v) is 11.5. The molecule has 2 aliphatic carbocycles. The lowest BCUT2D eigenvalue weighted by Gasteiger charge is -2.32. The fourth-order valence-corrected chi connectivity index (χ4v) is 3.49. The molecule has 0 aromatic heterocycles. The number of hydrogen-bond donors (Lipinski definition) is 2. The van der Waals surface area contributed by atoms with E-state index in [2.05, 4.69) is 20.8 Å². The molecule has 2 N–H and O–H groups in total. The first kappa shape index (κ1) is 27.4. The van der Waals surface area contributed by atoms with Crippen molar-refractivity contribution in [2.45, 2.75) is 104 Å². The number of aliphatic carboxylic acids is 2. The van der Waals surface area contributed by atoms with Gasteiger partial charge in [0.1, 0.15) is 6.29 Å². The molecule has 0 bridgehead atoms. The Morgan fingerprint density at radius 1 is 0.966 bits per heavy atom. The molecule has 0 saturated heterocycles. The predicted octanol–water partition coefficient (Wildman–Crippen LogP) is 6.26. The maximum Gasteiger partial charge on any atom is 0.331 e. The number of allylic oxidation sites excluding steroid dienone is 1. The number of hydrogen-bond acceptors (Lipinski definition) is 3. The van der Waals surface area contributed by atoms with Crippen molar-refractivity contribution in [1.82, 2.24) is 0 Å². The van der Waals surface area contributed by atoms with Crippen LogP contribution in [0.2, 0.25) is 0 Å². The van der Waals surface area contributed by atoms with E-state index in [0.717, 1.165) is 50.7 Å². The zero-order valence-electron chi connectivity index (χ0n) is 18.7. The van der Waals surface area contributed by atoms with Crippen LogP contribution in [0.4, 0.5) is 0 Å². The summed E-state index contributed by atoms with van der Waals surface area (Å²) in [6.07, 6.45) is 17.0. The van der Waals surface area contributed by atoms with Crippen LogP contribution in [0.3, 0.4) is 0 Å². The summed E-state index contributed by atoms with van der Waals surface area (Å²) < 4.78 is 0. The lowest BCUT2D eigenvalue weighted by Crippen LogP contribution is -2.30. The van der Waals surface area contributed by atoms with Crippen LogP contribution in [-0.4, -0.2) is 28.4 Å². The molecule has 0 spiro atoms. The SMILES string of the molecule is CCCCC1C=C(C(=O)O)C1.CCCCC1CC(C(=O)O)C1.CCCCCC=O. The number of unbranched alkanes of at least 4 members (excludes halogenated alkanes) is 5. The predicted molar refractivity (Wildman–Crippen MR) is 117 cm³/mol. The van der Waals surface area contributed by atoms with Gasteiger partial charge in [0, 0.05) is 12.0 Å². The number of carboxylic acids is 2. The quantitative estimate of drug-likeness (QED) is 0.292. The van der Waals surface area contributed by atoms with Crippen LogP contribution in [0.15, 0.2) is 11.6 Å². The average Bonchev–Trinajstić information content (AvgIpc) is 2.60. The van der Waals surface area contributed by atoms with Crippen LogP contribution in [0.1, 0.15) is 104 Å². The third kappa shape index (κ3) is 13.2. The standard InChI is InChI=1S/C9H16O2.C9H14O2.C6H12O/c2*1-2-3-4-7-5-8(6-7)9(10)11;1-2-3-4-5-6-7/h7-8H,2-6H2,1H3,(H,10,11);5,7H,2-4,6H2,1H3,(H,10,11);6H,2-5H2,1H3. The molecular weight excluding hydrogens is 368 g/mol. The summed E-state index contributed by atoms with van der Waals surface area (Å²) in [5, 5.41) is 17.1. The molecule has 1 saturated carbocycles. The van der Waals surface area contributed by atoms with Crippen molar-refractivity contribution >= 4 is 18.2 Å². The second kappa shape index (κ2) is 17.2. The molecule has 5 heteroatoms. The molecule has 168 valence electrons. The highest BCUT2D eigenvalue weighted by Gasteiger charge is 2.33. The minimum absolute atomic E-state index is 0.0168. The molecule has 1 atom stereocenters. The van der Waals surface area contributed by atoms with Crippen molar-refractivity contribution in [3.05, 3.63) is 11.6 Å². The van der Waals surface area contributed by atoms with Gasteiger partial charge in [0.15, 0.2) is 0 Å². The Kier molecular flexibility index (Phi) is 16.2.